The van der Waals surface area contributed by atoms with E-state index in [1.807, 2.05) is 19.9 Å². The number of halogens is 2. The molecule has 2 aromatic carbocycles. The second kappa shape index (κ2) is 9.12. The van der Waals surface area contributed by atoms with Gasteiger partial charge in [-0.25, -0.2) is 5.01 Å². The molecular formula is C25H22Cl2N2O4. The van der Waals surface area contributed by atoms with Gasteiger partial charge >= 0.3 is 0 Å². The van der Waals surface area contributed by atoms with Crippen LogP contribution in [-0.2, 0) is 9.59 Å². The summed E-state index contributed by atoms with van der Waals surface area (Å²) in [7, 11) is 0. The highest BCUT2D eigenvalue weighted by Gasteiger charge is 2.51. The molecule has 2 aromatic rings. The smallest absolute Gasteiger partial charge is 0.273 e. The summed E-state index contributed by atoms with van der Waals surface area (Å²) in [6.07, 6.45) is 2.82. The van der Waals surface area contributed by atoms with Gasteiger partial charge in [-0.15, -0.1) is 0 Å². The number of hydrazine groups is 1. The fourth-order valence-corrected chi connectivity index (χ4v) is 4.53. The van der Waals surface area contributed by atoms with Crippen molar-refractivity contribution in [3.05, 3.63) is 80.8 Å². The Labute approximate surface area is 201 Å². The van der Waals surface area contributed by atoms with Crippen LogP contribution in [0, 0.1) is 18.8 Å². The fraction of sp³-hybridized carbons (Fsp3) is 0.280. The number of allylic oxidation sites excluding steroid dienone is 2. The number of aryl methyl sites for hydroxylation is 1. The predicted molar refractivity (Wildman–Crippen MR) is 125 cm³/mol. The van der Waals surface area contributed by atoms with Crippen LogP contribution in [0.1, 0.15) is 46.0 Å². The first-order chi connectivity index (χ1) is 15.7. The highest BCUT2D eigenvalue weighted by Crippen LogP contribution is 2.38. The van der Waals surface area contributed by atoms with Crippen LogP contribution >= 0.6 is 23.2 Å². The number of imide groups is 1. The maximum Gasteiger partial charge on any atom is 0.273 e. The molecule has 0 N–H and O–H groups in total. The normalized spacial score (nSPS) is 19.9. The Balaban J connectivity index is 1.71. The third kappa shape index (κ3) is 4.45. The van der Waals surface area contributed by atoms with Crippen molar-refractivity contribution in [1.82, 2.24) is 10.0 Å². The standard InChI is InChI=1S/C25H22Cl2N2O4/c1-14-3-6-16(7-4-14)22(30)13-28(23(31)17-8-10-20(26)21(27)12-17)29-24(32)18-9-5-15(2)11-19(18)25(29)33/h3-8,10,12,18-19H,9,11,13H2,1-2H3/t18-,19-/m0/s1. The Morgan fingerprint density at radius 1 is 0.939 bits per heavy atom. The number of ketones is 1. The molecule has 1 saturated heterocycles. The van der Waals surface area contributed by atoms with E-state index in [1.54, 1.807) is 24.3 Å². The summed E-state index contributed by atoms with van der Waals surface area (Å²) in [6, 6.07) is 11.1. The molecule has 1 aliphatic carbocycles. The SMILES string of the molecule is CC1=CC[C@@H]2C(=O)N(N(CC(=O)c3ccc(C)cc3)C(=O)c3ccc(Cl)c(Cl)c3)C(=O)[C@H]2C1. The van der Waals surface area contributed by atoms with Crippen molar-refractivity contribution >= 4 is 46.7 Å². The van der Waals surface area contributed by atoms with Crippen LogP contribution in [0.5, 0.6) is 0 Å². The number of carbonyl (C=O) groups is 4. The number of hydrogen-bond donors (Lipinski definition) is 0. The quantitative estimate of drug-likeness (QED) is 0.344. The van der Waals surface area contributed by atoms with Crippen molar-refractivity contribution in [1.29, 1.82) is 0 Å². The number of hydrogen-bond acceptors (Lipinski definition) is 4. The minimum Gasteiger partial charge on any atom is -0.292 e. The molecule has 6 nitrogen and oxygen atoms in total. The summed E-state index contributed by atoms with van der Waals surface area (Å²) in [6.45, 7) is 3.34. The van der Waals surface area contributed by atoms with Crippen LogP contribution < -0.4 is 0 Å². The van der Waals surface area contributed by atoms with Gasteiger partial charge in [0, 0.05) is 11.1 Å². The Morgan fingerprint density at radius 3 is 2.24 bits per heavy atom. The monoisotopic (exact) mass is 484 g/mol. The fourth-order valence-electron chi connectivity index (χ4n) is 4.24. The number of benzene rings is 2. The first kappa shape index (κ1) is 23.2. The largest absolute Gasteiger partial charge is 0.292 e. The van der Waals surface area contributed by atoms with Crippen LogP contribution in [0.3, 0.4) is 0 Å². The predicted octanol–water partition coefficient (Wildman–Crippen LogP) is 4.88. The van der Waals surface area contributed by atoms with Crippen molar-refractivity contribution in [3.63, 3.8) is 0 Å². The van der Waals surface area contributed by atoms with Crippen molar-refractivity contribution in [2.75, 3.05) is 6.54 Å². The average molecular weight is 485 g/mol. The van der Waals surface area contributed by atoms with Gasteiger partial charge in [0.2, 0.25) is 0 Å². The molecule has 2 atom stereocenters. The second-order valence-corrected chi connectivity index (χ2v) is 9.29. The van der Waals surface area contributed by atoms with E-state index in [-0.39, 0.29) is 15.6 Å². The lowest BCUT2D eigenvalue weighted by Gasteiger charge is -2.30. The number of fused-ring (bicyclic) bond motifs is 1. The Bertz CT molecular complexity index is 1190. The summed E-state index contributed by atoms with van der Waals surface area (Å²) in [5.41, 5.74) is 2.50. The molecule has 1 fully saturated rings. The lowest BCUT2D eigenvalue weighted by Crippen LogP contribution is -2.52. The van der Waals surface area contributed by atoms with Gasteiger partial charge in [-0.2, -0.15) is 5.01 Å². The van der Waals surface area contributed by atoms with Crippen LogP contribution in [0.15, 0.2) is 54.1 Å². The summed E-state index contributed by atoms with van der Waals surface area (Å²) in [5, 5.41) is 2.22. The molecule has 0 bridgehead atoms. The number of amides is 3. The lowest BCUT2D eigenvalue weighted by atomic mass is 9.82. The zero-order valence-electron chi connectivity index (χ0n) is 18.2. The molecule has 3 amide bonds. The summed E-state index contributed by atoms with van der Waals surface area (Å²) < 4.78 is 0. The average Bonchev–Trinajstić information content (AvgIpc) is 3.03. The van der Waals surface area contributed by atoms with Crippen LogP contribution in [-0.4, -0.2) is 40.1 Å². The maximum atomic E-state index is 13.5. The molecule has 1 aliphatic heterocycles. The Morgan fingerprint density at radius 2 is 1.58 bits per heavy atom. The number of nitrogens with zero attached hydrogens (tertiary/aromatic N) is 2. The summed E-state index contributed by atoms with van der Waals surface area (Å²) in [5.74, 6) is -3.10. The number of carbonyl (C=O) groups excluding carboxylic acids is 4. The lowest BCUT2D eigenvalue weighted by molar-refractivity contribution is -0.154. The van der Waals surface area contributed by atoms with Crippen molar-refractivity contribution in [3.8, 4) is 0 Å². The van der Waals surface area contributed by atoms with E-state index in [0.717, 1.165) is 21.2 Å². The third-order valence-corrected chi connectivity index (χ3v) is 6.85. The molecule has 8 heteroatoms. The van der Waals surface area contributed by atoms with Crippen LogP contribution in [0.2, 0.25) is 10.0 Å². The van der Waals surface area contributed by atoms with Gasteiger partial charge in [0.15, 0.2) is 5.78 Å². The van der Waals surface area contributed by atoms with E-state index < -0.39 is 41.9 Å². The molecule has 33 heavy (non-hydrogen) atoms. The number of Topliss-reactive ketones (excluding diaryl/α,β-unsaturated/α-hetero) is 1. The zero-order chi connectivity index (χ0) is 23.9. The van der Waals surface area contributed by atoms with Gasteiger partial charge in [-0.3, -0.25) is 19.2 Å². The van der Waals surface area contributed by atoms with E-state index in [2.05, 4.69) is 0 Å². The molecule has 4 rings (SSSR count). The first-order valence-corrected chi connectivity index (χ1v) is 11.3. The minimum atomic E-state index is -0.681. The zero-order valence-corrected chi connectivity index (χ0v) is 19.7. The summed E-state index contributed by atoms with van der Waals surface area (Å²) >= 11 is 12.1. The molecule has 2 aliphatic rings. The van der Waals surface area contributed by atoms with Gasteiger partial charge in [0.1, 0.15) is 6.54 Å². The molecule has 0 spiro atoms. The Hall–Kier alpha value is -2.96. The van der Waals surface area contributed by atoms with Gasteiger partial charge in [0.05, 0.1) is 21.9 Å². The van der Waals surface area contributed by atoms with E-state index >= 15 is 0 Å². The highest BCUT2D eigenvalue weighted by atomic mass is 35.5. The molecule has 0 radical (unpaired) electrons. The van der Waals surface area contributed by atoms with Gasteiger partial charge in [-0.1, -0.05) is 64.7 Å². The highest BCUT2D eigenvalue weighted by molar-refractivity contribution is 6.42. The van der Waals surface area contributed by atoms with Gasteiger partial charge in [0.25, 0.3) is 17.7 Å². The molecular weight excluding hydrogens is 463 g/mol. The Kier molecular flexibility index (Phi) is 6.41. The van der Waals surface area contributed by atoms with E-state index in [9.17, 15) is 19.2 Å². The summed E-state index contributed by atoms with van der Waals surface area (Å²) in [4.78, 5) is 53.1. The molecule has 0 aromatic heterocycles. The van der Waals surface area contributed by atoms with E-state index in [1.165, 1.54) is 18.2 Å². The van der Waals surface area contributed by atoms with Gasteiger partial charge in [-0.05, 0) is 44.9 Å². The van der Waals surface area contributed by atoms with Crippen molar-refractivity contribution in [2.24, 2.45) is 11.8 Å². The minimum absolute atomic E-state index is 0.117. The molecule has 0 saturated carbocycles. The van der Waals surface area contributed by atoms with E-state index in [4.69, 9.17) is 23.2 Å². The van der Waals surface area contributed by atoms with Crippen molar-refractivity contribution in [2.45, 2.75) is 26.7 Å². The molecule has 170 valence electrons. The third-order valence-electron chi connectivity index (χ3n) is 6.11. The second-order valence-electron chi connectivity index (χ2n) is 8.47. The molecule has 1 heterocycles. The van der Waals surface area contributed by atoms with Crippen LogP contribution in [0.25, 0.3) is 0 Å². The molecule has 0 unspecified atom stereocenters. The van der Waals surface area contributed by atoms with E-state index in [0.29, 0.717) is 18.4 Å². The van der Waals surface area contributed by atoms with Gasteiger partial charge < -0.3 is 0 Å². The maximum absolute atomic E-state index is 13.5. The number of rotatable bonds is 5. The van der Waals surface area contributed by atoms with Crippen molar-refractivity contribution < 1.29 is 19.2 Å². The topological polar surface area (TPSA) is 74.8 Å². The first-order valence-electron chi connectivity index (χ1n) is 10.6. The van der Waals surface area contributed by atoms with Crippen LogP contribution in [0.4, 0.5) is 0 Å².